The molecule has 3 rings (SSSR count). The number of hydrogen-bond donors (Lipinski definition) is 2. The van der Waals surface area contributed by atoms with Crippen molar-refractivity contribution in [2.75, 3.05) is 5.43 Å². The van der Waals surface area contributed by atoms with Gasteiger partial charge in [0, 0.05) is 14.9 Å². The van der Waals surface area contributed by atoms with Crippen molar-refractivity contribution in [2.45, 2.75) is 13.8 Å². The minimum atomic E-state index is -0.313. The highest BCUT2D eigenvalue weighted by atomic mass is 79.9. The second kappa shape index (κ2) is 5.32. The van der Waals surface area contributed by atoms with Crippen molar-refractivity contribution in [3.8, 4) is 11.4 Å². The Morgan fingerprint density at radius 1 is 1.29 bits per heavy atom. The second-order valence-corrected chi connectivity index (χ2v) is 6.69. The van der Waals surface area contributed by atoms with Crippen LogP contribution in [0.15, 0.2) is 22.7 Å². The van der Waals surface area contributed by atoms with E-state index >= 15 is 0 Å². The summed E-state index contributed by atoms with van der Waals surface area (Å²) in [6, 6.07) is 4.42. The lowest BCUT2D eigenvalue weighted by molar-refractivity contribution is 0.627. The molecule has 0 radical (unpaired) electrons. The number of benzene rings is 1. The molecule has 0 amide bonds. The van der Waals surface area contributed by atoms with Crippen molar-refractivity contribution in [2.24, 2.45) is 5.84 Å². The van der Waals surface area contributed by atoms with Crippen LogP contribution >= 0.6 is 27.3 Å². The molecule has 0 aliphatic heterocycles. The van der Waals surface area contributed by atoms with E-state index in [1.807, 2.05) is 13.8 Å². The van der Waals surface area contributed by atoms with Crippen LogP contribution in [-0.2, 0) is 0 Å². The molecule has 3 aromatic rings. The lowest BCUT2D eigenvalue weighted by Gasteiger charge is -2.07. The fourth-order valence-electron chi connectivity index (χ4n) is 2.15. The first-order chi connectivity index (χ1) is 10.0. The predicted octanol–water partition coefficient (Wildman–Crippen LogP) is 4.16. The topological polar surface area (TPSA) is 63.8 Å². The molecule has 0 aliphatic rings. The van der Waals surface area contributed by atoms with E-state index in [1.54, 1.807) is 17.4 Å². The highest BCUT2D eigenvalue weighted by Gasteiger charge is 2.16. The van der Waals surface area contributed by atoms with E-state index in [-0.39, 0.29) is 5.82 Å². The minimum absolute atomic E-state index is 0.313. The summed E-state index contributed by atoms with van der Waals surface area (Å²) in [4.78, 5) is 11.1. The Bertz CT molecular complexity index is 847. The molecule has 2 heterocycles. The lowest BCUT2D eigenvalue weighted by Crippen LogP contribution is -2.10. The number of fused-ring (bicyclic) bond motifs is 1. The Balaban J connectivity index is 2.29. The highest BCUT2D eigenvalue weighted by Crippen LogP contribution is 2.36. The Morgan fingerprint density at radius 2 is 2.05 bits per heavy atom. The van der Waals surface area contributed by atoms with Gasteiger partial charge < -0.3 is 5.43 Å². The molecule has 0 aliphatic carbocycles. The zero-order valence-electron chi connectivity index (χ0n) is 11.4. The normalized spacial score (nSPS) is 11.1. The number of hydrogen-bond acceptors (Lipinski definition) is 5. The van der Waals surface area contributed by atoms with Crippen LogP contribution < -0.4 is 11.3 Å². The van der Waals surface area contributed by atoms with E-state index in [4.69, 9.17) is 5.84 Å². The quantitative estimate of drug-likeness (QED) is 0.527. The Kier molecular flexibility index (Phi) is 3.64. The van der Waals surface area contributed by atoms with Crippen LogP contribution in [-0.4, -0.2) is 9.97 Å². The first-order valence-corrected chi connectivity index (χ1v) is 7.82. The van der Waals surface area contributed by atoms with Crippen LogP contribution in [0.5, 0.6) is 0 Å². The minimum Gasteiger partial charge on any atom is -0.308 e. The van der Waals surface area contributed by atoms with Crippen LogP contribution in [0.1, 0.15) is 10.4 Å². The van der Waals surface area contributed by atoms with E-state index < -0.39 is 0 Å². The average molecular weight is 367 g/mol. The first-order valence-electron chi connectivity index (χ1n) is 6.21. The van der Waals surface area contributed by atoms with Gasteiger partial charge in [0.15, 0.2) is 11.6 Å². The SMILES string of the molecule is Cc1sc2nc(-c3ccc(F)cc3Br)nc(NN)c2c1C. The van der Waals surface area contributed by atoms with Gasteiger partial charge in [0.2, 0.25) is 0 Å². The molecule has 0 saturated carbocycles. The molecule has 7 heteroatoms. The summed E-state index contributed by atoms with van der Waals surface area (Å²) in [6.45, 7) is 4.06. The molecule has 0 fully saturated rings. The van der Waals surface area contributed by atoms with E-state index in [0.29, 0.717) is 16.1 Å². The number of anilines is 1. The van der Waals surface area contributed by atoms with Crippen molar-refractivity contribution in [1.29, 1.82) is 0 Å². The Labute approximate surface area is 133 Å². The number of hydrazine groups is 1. The van der Waals surface area contributed by atoms with Crippen LogP contribution in [0.3, 0.4) is 0 Å². The van der Waals surface area contributed by atoms with Gasteiger partial charge in [-0.2, -0.15) is 0 Å². The molecule has 1 aromatic carbocycles. The zero-order valence-corrected chi connectivity index (χ0v) is 13.8. The third-order valence-electron chi connectivity index (χ3n) is 3.34. The molecule has 108 valence electrons. The number of nitrogen functional groups attached to an aromatic ring is 1. The summed E-state index contributed by atoms with van der Waals surface area (Å²) in [6.07, 6.45) is 0. The maximum absolute atomic E-state index is 13.2. The number of aryl methyl sites for hydroxylation is 2. The molecule has 4 nitrogen and oxygen atoms in total. The summed E-state index contributed by atoms with van der Waals surface area (Å²) in [7, 11) is 0. The van der Waals surface area contributed by atoms with Crippen LogP contribution in [0.25, 0.3) is 21.6 Å². The Morgan fingerprint density at radius 3 is 2.71 bits per heavy atom. The van der Waals surface area contributed by atoms with Gasteiger partial charge in [-0.05, 0) is 53.5 Å². The first kappa shape index (κ1) is 14.4. The van der Waals surface area contributed by atoms with Gasteiger partial charge in [-0.15, -0.1) is 11.3 Å². The monoisotopic (exact) mass is 366 g/mol. The number of nitrogens with zero attached hydrogens (tertiary/aromatic N) is 2. The highest BCUT2D eigenvalue weighted by molar-refractivity contribution is 9.10. The maximum atomic E-state index is 13.2. The van der Waals surface area contributed by atoms with E-state index in [2.05, 4.69) is 31.3 Å². The number of rotatable bonds is 2. The summed E-state index contributed by atoms with van der Waals surface area (Å²) in [5, 5.41) is 0.932. The number of halogens is 2. The zero-order chi connectivity index (χ0) is 15.1. The van der Waals surface area contributed by atoms with Crippen molar-refractivity contribution >= 4 is 43.3 Å². The van der Waals surface area contributed by atoms with E-state index in [9.17, 15) is 4.39 Å². The van der Waals surface area contributed by atoms with Gasteiger partial charge in [0.05, 0.1) is 5.39 Å². The fourth-order valence-corrected chi connectivity index (χ4v) is 3.70. The summed E-state index contributed by atoms with van der Waals surface area (Å²) in [5.41, 5.74) is 4.47. The van der Waals surface area contributed by atoms with Gasteiger partial charge in [0.25, 0.3) is 0 Å². The van der Waals surface area contributed by atoms with Crippen molar-refractivity contribution in [3.63, 3.8) is 0 Å². The standard InChI is InChI=1S/C14H12BrFN4S/c1-6-7(2)21-14-11(6)13(20-17)18-12(19-14)9-4-3-8(16)5-10(9)15/h3-5H,17H2,1-2H3,(H,18,19,20). The third kappa shape index (κ3) is 2.41. The number of nitrogens with two attached hydrogens (primary N) is 1. The molecule has 0 spiro atoms. The van der Waals surface area contributed by atoms with Gasteiger partial charge in [-0.3, -0.25) is 0 Å². The molecule has 2 aromatic heterocycles. The van der Waals surface area contributed by atoms with E-state index in [1.165, 1.54) is 17.0 Å². The molecule has 21 heavy (non-hydrogen) atoms. The van der Waals surface area contributed by atoms with Gasteiger partial charge in [-0.25, -0.2) is 20.2 Å². The molecule has 0 atom stereocenters. The third-order valence-corrected chi connectivity index (χ3v) is 5.09. The second-order valence-electron chi connectivity index (χ2n) is 4.63. The predicted molar refractivity (Wildman–Crippen MR) is 87.8 cm³/mol. The fraction of sp³-hybridized carbons (Fsp3) is 0.143. The van der Waals surface area contributed by atoms with Gasteiger partial charge >= 0.3 is 0 Å². The Hall–Kier alpha value is -1.57. The van der Waals surface area contributed by atoms with Gasteiger partial charge in [0.1, 0.15) is 10.6 Å². The number of aromatic nitrogens is 2. The largest absolute Gasteiger partial charge is 0.308 e. The molecular formula is C14H12BrFN4S. The van der Waals surface area contributed by atoms with Crippen molar-refractivity contribution in [1.82, 2.24) is 9.97 Å². The molecule has 0 saturated heterocycles. The summed E-state index contributed by atoms with van der Waals surface area (Å²) in [5.74, 6) is 6.36. The summed E-state index contributed by atoms with van der Waals surface area (Å²) >= 11 is 4.94. The molecule has 0 unspecified atom stereocenters. The van der Waals surface area contributed by atoms with E-state index in [0.717, 1.165) is 21.3 Å². The molecular weight excluding hydrogens is 355 g/mol. The maximum Gasteiger partial charge on any atom is 0.164 e. The lowest BCUT2D eigenvalue weighted by atomic mass is 10.2. The van der Waals surface area contributed by atoms with Crippen molar-refractivity contribution in [3.05, 3.63) is 38.9 Å². The van der Waals surface area contributed by atoms with Crippen LogP contribution in [0, 0.1) is 19.7 Å². The smallest absolute Gasteiger partial charge is 0.164 e. The molecule has 3 N–H and O–H groups in total. The average Bonchev–Trinajstić information content (AvgIpc) is 2.73. The van der Waals surface area contributed by atoms with Crippen molar-refractivity contribution < 1.29 is 4.39 Å². The van der Waals surface area contributed by atoms with Gasteiger partial charge in [-0.1, -0.05) is 0 Å². The molecule has 0 bridgehead atoms. The number of nitrogens with one attached hydrogen (secondary N) is 1. The number of thiophene rings is 1. The van der Waals surface area contributed by atoms with Crippen LogP contribution in [0.2, 0.25) is 0 Å². The summed E-state index contributed by atoms with van der Waals surface area (Å²) < 4.78 is 13.8. The van der Waals surface area contributed by atoms with Crippen LogP contribution in [0.4, 0.5) is 10.2 Å².